The van der Waals surface area contributed by atoms with Gasteiger partial charge in [0.25, 0.3) is 0 Å². The second kappa shape index (κ2) is 14.1. The fourth-order valence-corrected chi connectivity index (χ4v) is 10.1. The molecule has 4 aliphatic rings. The van der Waals surface area contributed by atoms with Gasteiger partial charge in [0.1, 0.15) is 34.0 Å². The summed E-state index contributed by atoms with van der Waals surface area (Å²) in [6.07, 6.45) is 14.8. The molecule has 0 radical (unpaired) electrons. The number of ether oxygens (including phenoxy) is 3. The van der Waals surface area contributed by atoms with Crippen molar-refractivity contribution in [2.45, 2.75) is 108 Å². The second-order valence-corrected chi connectivity index (χ2v) is 16.3. The highest BCUT2D eigenvalue weighted by atomic mass is 19.1. The largest absolute Gasteiger partial charge is 0.508 e. The fraction of sp³-hybridized carbons (Fsp3) is 0.548. The van der Waals surface area contributed by atoms with Crippen LogP contribution in [0.2, 0.25) is 0 Å². The predicted octanol–water partition coefficient (Wildman–Crippen LogP) is 7.14. The van der Waals surface area contributed by atoms with Crippen molar-refractivity contribution in [2.75, 3.05) is 38.3 Å². The van der Waals surface area contributed by atoms with Crippen LogP contribution in [-0.4, -0.2) is 93.3 Å². The number of β-amino-alcohol motifs (C(OH)–C–C–N with tert-alkyl or cyclic N) is 1. The van der Waals surface area contributed by atoms with Gasteiger partial charge >= 0.3 is 6.01 Å². The number of terminal acetylenes is 1. The van der Waals surface area contributed by atoms with Gasteiger partial charge in [0.15, 0.2) is 5.82 Å². The zero-order valence-electron chi connectivity index (χ0n) is 31.5. The lowest BCUT2D eigenvalue weighted by Gasteiger charge is -2.51. The van der Waals surface area contributed by atoms with E-state index in [2.05, 4.69) is 29.7 Å². The smallest absolute Gasteiger partial charge is 0.319 e. The fourth-order valence-electron chi connectivity index (χ4n) is 10.1. The summed E-state index contributed by atoms with van der Waals surface area (Å²) in [6, 6.07) is 6.26. The minimum absolute atomic E-state index is 0.0161. The molecule has 10 nitrogen and oxygen atoms in total. The third kappa shape index (κ3) is 6.48. The van der Waals surface area contributed by atoms with Gasteiger partial charge < -0.3 is 29.3 Å². The summed E-state index contributed by atoms with van der Waals surface area (Å²) in [5.41, 5.74) is -1.43. The molecule has 5 heterocycles. The summed E-state index contributed by atoms with van der Waals surface area (Å²) < 4.78 is 50.9. The van der Waals surface area contributed by atoms with Gasteiger partial charge in [0, 0.05) is 41.5 Å². The van der Waals surface area contributed by atoms with Crippen molar-refractivity contribution in [3.8, 4) is 41.2 Å². The zero-order valence-corrected chi connectivity index (χ0v) is 31.5. The van der Waals surface area contributed by atoms with Crippen LogP contribution < -0.4 is 14.4 Å². The lowest BCUT2D eigenvalue weighted by Crippen LogP contribution is -2.57. The van der Waals surface area contributed by atoms with Gasteiger partial charge in [-0.3, -0.25) is 4.90 Å². The summed E-state index contributed by atoms with van der Waals surface area (Å²) in [7, 11) is 1.42. The molecule has 1 aliphatic carbocycles. The number of nitrogens with zero attached hydrogens (tertiary/aromatic N) is 5. The van der Waals surface area contributed by atoms with Crippen molar-refractivity contribution in [3.05, 3.63) is 41.5 Å². The van der Waals surface area contributed by atoms with E-state index in [-0.39, 0.29) is 74.9 Å². The lowest BCUT2D eigenvalue weighted by molar-refractivity contribution is -0.0967. The molecule has 2 N–H and O–H groups in total. The first-order valence-corrected chi connectivity index (χ1v) is 19.3. The number of rotatable bonds is 7. The van der Waals surface area contributed by atoms with Crippen molar-refractivity contribution in [1.29, 1.82) is 0 Å². The number of fused-ring (bicyclic) bond motifs is 3. The molecule has 1 saturated carbocycles. The number of likely N-dealkylation sites (tertiary alicyclic amines) is 1. The average molecular weight is 742 g/mol. The number of benzene rings is 2. The molecule has 4 aromatic rings. The summed E-state index contributed by atoms with van der Waals surface area (Å²) in [5.74, 6) is 1.10. The van der Waals surface area contributed by atoms with Crippen molar-refractivity contribution in [2.24, 2.45) is 5.41 Å². The third-order valence-electron chi connectivity index (χ3n) is 12.3. The number of halogens is 2. The van der Waals surface area contributed by atoms with Crippen LogP contribution in [0.4, 0.5) is 14.6 Å². The Morgan fingerprint density at radius 3 is 2.52 bits per heavy atom. The molecule has 2 aromatic carbocycles. The maximum absolute atomic E-state index is 17.3. The Bertz CT molecular complexity index is 2130. The molecular weight excluding hydrogens is 692 g/mol. The van der Waals surface area contributed by atoms with E-state index in [0.29, 0.717) is 49.3 Å². The van der Waals surface area contributed by atoms with Gasteiger partial charge in [-0.25, -0.2) is 13.8 Å². The van der Waals surface area contributed by atoms with Crippen molar-refractivity contribution >= 4 is 27.5 Å². The summed E-state index contributed by atoms with van der Waals surface area (Å²) >= 11 is 0. The zero-order chi connectivity index (χ0) is 37.9. The SMILES string of the molecule is C#Cc1c(F)ccc2cc(O)cc(-c3nc(OC)c4c(N5CCC[C@@](C)(O)C5)nc(OC[C@]56CCCC5N(C5C[C@@H](C)O[C@@H](C)C5)CCC6)nc4c3F)c12. The number of phenolic OH excluding ortho intramolecular Hbond substituents is 1. The standard InChI is InChI=1S/C42H49F2N5O5/c1-6-29-31(43)12-11-26-20-28(50)21-30(33(26)29)36-35(44)37-34(39(45-36)52-5)38(48-16-8-13-41(4,51)22-48)47-40(46-37)53-23-42-14-7-10-32(42)49(17-9-15-42)27-18-24(2)54-25(3)19-27/h1,11-12,20-21,24-25,27,32,50-51H,7-10,13-19,22-23H2,2-5H3/t24-,25+,27?,32?,41-,42-/m1/s1. The number of methoxy groups -OCH3 is 1. The van der Waals surface area contributed by atoms with E-state index in [0.717, 1.165) is 51.5 Å². The maximum atomic E-state index is 17.3. The summed E-state index contributed by atoms with van der Waals surface area (Å²) in [6.45, 7) is 8.34. The molecule has 6 atom stereocenters. The van der Waals surface area contributed by atoms with Crippen molar-refractivity contribution in [3.63, 3.8) is 0 Å². The average Bonchev–Trinajstić information content (AvgIpc) is 3.58. The van der Waals surface area contributed by atoms with Gasteiger partial charge in [-0.2, -0.15) is 9.97 Å². The highest BCUT2D eigenvalue weighted by Gasteiger charge is 2.51. The van der Waals surface area contributed by atoms with Crippen LogP contribution in [0.15, 0.2) is 24.3 Å². The first kappa shape index (κ1) is 36.7. The Morgan fingerprint density at radius 2 is 1.78 bits per heavy atom. The quantitative estimate of drug-likeness (QED) is 0.190. The van der Waals surface area contributed by atoms with Crippen LogP contribution in [0.5, 0.6) is 17.6 Å². The number of hydrogen-bond acceptors (Lipinski definition) is 10. The van der Waals surface area contributed by atoms with Crippen molar-refractivity contribution < 1.29 is 33.2 Å². The number of piperidine rings is 2. The first-order valence-electron chi connectivity index (χ1n) is 19.3. The maximum Gasteiger partial charge on any atom is 0.319 e. The molecule has 8 rings (SSSR count). The minimum atomic E-state index is -1.01. The van der Waals surface area contributed by atoms with Gasteiger partial charge in [0.05, 0.1) is 37.1 Å². The monoisotopic (exact) mass is 741 g/mol. The Hall–Kier alpha value is -4.31. The molecule has 12 heteroatoms. The van der Waals surface area contributed by atoms with E-state index in [1.54, 1.807) is 6.92 Å². The Balaban J connectivity index is 1.24. The van der Waals surface area contributed by atoms with E-state index in [1.165, 1.54) is 31.4 Å². The molecule has 0 bridgehead atoms. The van der Waals surface area contributed by atoms with Crippen molar-refractivity contribution in [1.82, 2.24) is 19.9 Å². The second-order valence-electron chi connectivity index (χ2n) is 16.3. The summed E-state index contributed by atoms with van der Waals surface area (Å²) in [4.78, 5) is 18.9. The van der Waals surface area contributed by atoms with Crippen LogP contribution in [-0.2, 0) is 4.74 Å². The van der Waals surface area contributed by atoms with E-state index < -0.39 is 17.2 Å². The van der Waals surface area contributed by atoms with Gasteiger partial charge in [-0.05, 0) is 102 Å². The molecule has 3 aliphatic heterocycles. The van der Waals surface area contributed by atoms with Gasteiger partial charge in [-0.15, -0.1) is 6.42 Å². The molecule has 286 valence electrons. The number of pyridine rings is 1. The number of phenols is 1. The highest BCUT2D eigenvalue weighted by molar-refractivity contribution is 6.04. The highest BCUT2D eigenvalue weighted by Crippen LogP contribution is 2.50. The van der Waals surface area contributed by atoms with Crippen LogP contribution in [0.3, 0.4) is 0 Å². The Morgan fingerprint density at radius 1 is 1.02 bits per heavy atom. The number of aromatic hydroxyl groups is 1. The van der Waals surface area contributed by atoms with E-state index >= 15 is 8.78 Å². The molecular formula is C42H49F2N5O5. The molecule has 0 amide bonds. The van der Waals surface area contributed by atoms with E-state index in [9.17, 15) is 10.2 Å². The number of aromatic nitrogens is 3. The van der Waals surface area contributed by atoms with Crippen LogP contribution >= 0.6 is 0 Å². The van der Waals surface area contributed by atoms with E-state index in [1.807, 2.05) is 4.90 Å². The number of hydrogen-bond donors (Lipinski definition) is 2. The van der Waals surface area contributed by atoms with E-state index in [4.69, 9.17) is 30.6 Å². The van der Waals surface area contributed by atoms with Crippen LogP contribution in [0.1, 0.15) is 84.1 Å². The first-order chi connectivity index (χ1) is 25.9. The topological polar surface area (TPSA) is 113 Å². The summed E-state index contributed by atoms with van der Waals surface area (Å²) in [5, 5.41) is 22.7. The van der Waals surface area contributed by atoms with Crippen LogP contribution in [0, 0.1) is 29.4 Å². The number of aliphatic hydroxyl groups is 1. The molecule has 2 aromatic heterocycles. The molecule has 0 spiro atoms. The van der Waals surface area contributed by atoms with Gasteiger partial charge in [0.2, 0.25) is 5.88 Å². The lowest BCUT2D eigenvalue weighted by atomic mass is 9.74. The third-order valence-corrected chi connectivity index (χ3v) is 12.3. The molecule has 54 heavy (non-hydrogen) atoms. The minimum Gasteiger partial charge on any atom is -0.508 e. The predicted molar refractivity (Wildman–Crippen MR) is 203 cm³/mol. The number of anilines is 1. The Labute approximate surface area is 314 Å². The normalized spacial score (nSPS) is 29.0. The molecule has 4 fully saturated rings. The van der Waals surface area contributed by atoms with Gasteiger partial charge in [-0.1, -0.05) is 18.4 Å². The van der Waals surface area contributed by atoms with Crippen LogP contribution in [0.25, 0.3) is 32.9 Å². The molecule has 3 saturated heterocycles. The Kier molecular flexibility index (Phi) is 9.56. The molecule has 2 unspecified atom stereocenters.